The summed E-state index contributed by atoms with van der Waals surface area (Å²) >= 11 is 0. The van der Waals surface area contributed by atoms with E-state index in [0.717, 1.165) is 36.7 Å². The minimum absolute atomic E-state index is 0.0117. The van der Waals surface area contributed by atoms with Gasteiger partial charge in [0.1, 0.15) is 0 Å². The van der Waals surface area contributed by atoms with E-state index < -0.39 is 28.9 Å². The van der Waals surface area contributed by atoms with Gasteiger partial charge in [-0.25, -0.2) is 0 Å². The molecule has 0 aromatic heterocycles. The van der Waals surface area contributed by atoms with E-state index in [9.17, 15) is 35.9 Å². The zero-order valence-electron chi connectivity index (χ0n) is 14.4. The lowest BCUT2D eigenvalue weighted by Gasteiger charge is -2.38. The van der Waals surface area contributed by atoms with Crippen LogP contribution in [0, 0.1) is 0 Å². The summed E-state index contributed by atoms with van der Waals surface area (Å²) in [5, 5.41) is 0. The first kappa shape index (κ1) is 22.0. The summed E-state index contributed by atoms with van der Waals surface area (Å²) in [7, 11) is 0. The van der Waals surface area contributed by atoms with Gasteiger partial charge in [-0.3, -0.25) is 19.6 Å². The van der Waals surface area contributed by atoms with Gasteiger partial charge in [-0.2, -0.15) is 26.3 Å². The molecule has 0 fully saturated rings. The standard InChI is InChI=1S/C19H12F6N2O2/c20-18(21,22)17(19(23,24)25,13-1-5-15(6-2-13)26-9-11-28)14-3-7-16(8-4-14)27-10-12-29/h1-12H. The molecule has 0 bridgehead atoms. The Kier molecular flexibility index (Phi) is 6.35. The van der Waals surface area contributed by atoms with E-state index in [2.05, 4.69) is 9.98 Å². The number of halogens is 6. The van der Waals surface area contributed by atoms with Crippen molar-refractivity contribution in [2.24, 2.45) is 9.98 Å². The lowest BCUT2D eigenvalue weighted by Crippen LogP contribution is -2.54. The number of rotatable bonds is 6. The van der Waals surface area contributed by atoms with Gasteiger partial charge in [-0.15, -0.1) is 0 Å². The summed E-state index contributed by atoms with van der Waals surface area (Å²) in [5.74, 6) is 0. The SMILES string of the molecule is O=CC=Nc1ccc(C(c2ccc(N=CC=O)cc2)(C(F)(F)F)C(F)(F)F)cc1. The van der Waals surface area contributed by atoms with E-state index in [1.807, 2.05) is 0 Å². The molecule has 0 unspecified atom stereocenters. The van der Waals surface area contributed by atoms with Crippen molar-refractivity contribution < 1.29 is 35.9 Å². The first-order valence-electron chi connectivity index (χ1n) is 7.88. The maximum absolute atomic E-state index is 14.0. The number of hydrogen-bond donors (Lipinski definition) is 0. The summed E-state index contributed by atoms with van der Waals surface area (Å²) in [6.07, 6.45) is -9.20. The number of benzene rings is 2. The molecule has 0 heterocycles. The molecule has 0 amide bonds. The van der Waals surface area contributed by atoms with E-state index in [1.165, 1.54) is 0 Å². The lowest BCUT2D eigenvalue weighted by atomic mass is 9.73. The molecule has 29 heavy (non-hydrogen) atoms. The van der Waals surface area contributed by atoms with Crippen LogP contribution in [0.15, 0.2) is 58.5 Å². The van der Waals surface area contributed by atoms with Gasteiger partial charge in [0.25, 0.3) is 0 Å². The van der Waals surface area contributed by atoms with Crippen molar-refractivity contribution in [2.75, 3.05) is 0 Å². The van der Waals surface area contributed by atoms with E-state index >= 15 is 0 Å². The molecule has 0 spiro atoms. The van der Waals surface area contributed by atoms with Crippen molar-refractivity contribution in [3.8, 4) is 0 Å². The highest BCUT2D eigenvalue weighted by Gasteiger charge is 2.72. The first-order valence-corrected chi connectivity index (χ1v) is 7.88. The van der Waals surface area contributed by atoms with Crippen LogP contribution in [-0.4, -0.2) is 37.4 Å². The third-order valence-corrected chi connectivity index (χ3v) is 4.02. The van der Waals surface area contributed by atoms with E-state index in [-0.39, 0.29) is 11.4 Å². The summed E-state index contributed by atoms with van der Waals surface area (Å²) in [6, 6.07) is 6.45. The second kappa shape index (κ2) is 8.38. The predicted molar refractivity (Wildman–Crippen MR) is 94.2 cm³/mol. The smallest absolute Gasteiger partial charge is 0.297 e. The van der Waals surface area contributed by atoms with Crippen LogP contribution in [0.2, 0.25) is 0 Å². The predicted octanol–water partition coefficient (Wildman–Crippen LogP) is 4.90. The normalized spacial score (nSPS) is 13.2. The Morgan fingerprint density at radius 1 is 0.586 bits per heavy atom. The molecule has 4 nitrogen and oxygen atoms in total. The number of carbonyl (C=O) groups is 2. The second-order valence-electron chi connectivity index (χ2n) is 5.67. The van der Waals surface area contributed by atoms with Crippen LogP contribution < -0.4 is 0 Å². The topological polar surface area (TPSA) is 58.9 Å². The summed E-state index contributed by atoms with van der Waals surface area (Å²) in [5.41, 5.74) is -6.41. The maximum atomic E-state index is 14.0. The molecule has 2 aromatic rings. The fourth-order valence-corrected chi connectivity index (χ4v) is 2.81. The van der Waals surface area contributed by atoms with Crippen molar-refractivity contribution in [3.05, 3.63) is 59.7 Å². The Labute approximate surface area is 160 Å². The Bertz CT molecular complexity index is 836. The van der Waals surface area contributed by atoms with Gasteiger partial charge >= 0.3 is 12.4 Å². The Hall–Kier alpha value is -3.30. The highest BCUT2D eigenvalue weighted by molar-refractivity contribution is 6.14. The molecule has 0 aliphatic carbocycles. The van der Waals surface area contributed by atoms with Crippen LogP contribution in [0.1, 0.15) is 11.1 Å². The molecule has 0 N–H and O–H groups in total. The number of aldehydes is 2. The Morgan fingerprint density at radius 2 is 0.897 bits per heavy atom. The van der Waals surface area contributed by atoms with Crippen LogP contribution in [0.5, 0.6) is 0 Å². The molecule has 2 aromatic carbocycles. The van der Waals surface area contributed by atoms with Crippen LogP contribution in [0.25, 0.3) is 0 Å². The maximum Gasteiger partial charge on any atom is 0.411 e. The van der Waals surface area contributed by atoms with E-state index in [4.69, 9.17) is 0 Å². The van der Waals surface area contributed by atoms with Crippen molar-refractivity contribution >= 4 is 36.4 Å². The van der Waals surface area contributed by atoms with Gasteiger partial charge in [0.05, 0.1) is 23.8 Å². The van der Waals surface area contributed by atoms with Crippen LogP contribution in [0.3, 0.4) is 0 Å². The minimum atomic E-state index is -5.73. The van der Waals surface area contributed by atoms with Crippen molar-refractivity contribution in [1.29, 1.82) is 0 Å². The molecular weight excluding hydrogens is 402 g/mol. The second-order valence-corrected chi connectivity index (χ2v) is 5.67. The number of carbonyl (C=O) groups excluding carboxylic acids is 2. The molecule has 0 saturated heterocycles. The van der Waals surface area contributed by atoms with Gasteiger partial charge in [0.2, 0.25) is 5.41 Å². The van der Waals surface area contributed by atoms with Crippen LogP contribution in [0.4, 0.5) is 37.7 Å². The Morgan fingerprint density at radius 3 is 1.14 bits per heavy atom. The molecule has 152 valence electrons. The third kappa shape index (κ3) is 4.25. The molecule has 0 atom stereocenters. The number of hydrogen-bond acceptors (Lipinski definition) is 4. The average molecular weight is 414 g/mol. The number of alkyl halides is 6. The molecule has 0 aliphatic rings. The average Bonchev–Trinajstić information content (AvgIpc) is 2.65. The highest BCUT2D eigenvalue weighted by Crippen LogP contribution is 2.56. The van der Waals surface area contributed by atoms with Gasteiger partial charge in [-0.05, 0) is 35.4 Å². The largest absolute Gasteiger partial charge is 0.411 e. The van der Waals surface area contributed by atoms with Gasteiger partial charge in [0.15, 0.2) is 12.6 Å². The molecular formula is C19H12F6N2O2. The lowest BCUT2D eigenvalue weighted by molar-refractivity contribution is -0.288. The molecule has 0 aliphatic heterocycles. The molecule has 0 radical (unpaired) electrons. The van der Waals surface area contributed by atoms with Crippen molar-refractivity contribution in [1.82, 2.24) is 0 Å². The summed E-state index contributed by atoms with van der Waals surface area (Å²) < 4.78 is 83.9. The van der Waals surface area contributed by atoms with Crippen LogP contribution in [-0.2, 0) is 15.0 Å². The van der Waals surface area contributed by atoms with Crippen molar-refractivity contribution in [2.45, 2.75) is 17.8 Å². The first-order chi connectivity index (χ1) is 13.6. The van der Waals surface area contributed by atoms with E-state index in [1.54, 1.807) is 0 Å². The fourth-order valence-electron chi connectivity index (χ4n) is 2.81. The highest BCUT2D eigenvalue weighted by atomic mass is 19.4. The van der Waals surface area contributed by atoms with E-state index in [0.29, 0.717) is 36.8 Å². The van der Waals surface area contributed by atoms with Gasteiger partial charge in [0, 0.05) is 0 Å². The summed E-state index contributed by atoms with van der Waals surface area (Å²) in [4.78, 5) is 27.7. The van der Waals surface area contributed by atoms with Crippen LogP contribution >= 0.6 is 0 Å². The minimum Gasteiger partial charge on any atom is -0.297 e. The molecule has 10 heteroatoms. The summed E-state index contributed by atoms with van der Waals surface area (Å²) in [6.45, 7) is 0. The Balaban J connectivity index is 2.72. The zero-order valence-corrected chi connectivity index (χ0v) is 14.4. The fraction of sp³-hybridized carbons (Fsp3) is 0.158. The quantitative estimate of drug-likeness (QED) is 0.384. The van der Waals surface area contributed by atoms with Gasteiger partial charge in [-0.1, -0.05) is 24.3 Å². The zero-order chi connectivity index (χ0) is 21.7. The number of nitrogens with zero attached hydrogens (tertiary/aromatic N) is 2. The number of aliphatic imine (C=N–C) groups is 2. The van der Waals surface area contributed by atoms with Gasteiger partial charge < -0.3 is 0 Å². The third-order valence-electron chi connectivity index (χ3n) is 4.02. The molecule has 2 rings (SSSR count). The monoisotopic (exact) mass is 414 g/mol. The molecule has 0 saturated carbocycles. The van der Waals surface area contributed by atoms with Crippen molar-refractivity contribution in [3.63, 3.8) is 0 Å².